The first-order valence-electron chi connectivity index (χ1n) is 6.20. The Morgan fingerprint density at radius 1 is 1.55 bits per heavy atom. The molecule has 1 fully saturated rings. The summed E-state index contributed by atoms with van der Waals surface area (Å²) in [4.78, 5) is 13.7. The van der Waals surface area contributed by atoms with E-state index in [0.717, 1.165) is 5.75 Å². The van der Waals surface area contributed by atoms with Crippen LogP contribution in [-0.4, -0.2) is 56.4 Å². The minimum absolute atomic E-state index is 0.0493. The standard InChI is InChI=1S/C13H17NO4S2/c1-20(17)9-12(16)14-6-7-19-13(14)8-18-11-5-3-2-4-10(11)15/h2-5,13,15H,6-9H2,1H3. The first-order chi connectivity index (χ1) is 9.58. The summed E-state index contributed by atoms with van der Waals surface area (Å²) in [5.74, 6) is 1.28. The molecule has 1 aromatic rings. The third-order valence-electron chi connectivity index (χ3n) is 2.88. The molecule has 0 spiro atoms. The van der Waals surface area contributed by atoms with Gasteiger partial charge in [-0.05, 0) is 12.1 Å². The summed E-state index contributed by atoms with van der Waals surface area (Å²) in [5.41, 5.74) is 0. The second-order valence-corrected chi connectivity index (χ2v) is 7.13. The Balaban J connectivity index is 1.93. The zero-order chi connectivity index (χ0) is 14.5. The van der Waals surface area contributed by atoms with Gasteiger partial charge in [0.15, 0.2) is 11.5 Å². The second kappa shape index (κ2) is 6.99. The van der Waals surface area contributed by atoms with Crippen molar-refractivity contribution < 1.29 is 18.8 Å². The number of thioether (sulfide) groups is 1. The number of carbonyl (C=O) groups excluding carboxylic acids is 1. The van der Waals surface area contributed by atoms with Gasteiger partial charge in [0.1, 0.15) is 17.7 Å². The molecule has 1 aliphatic rings. The van der Waals surface area contributed by atoms with Crippen LogP contribution in [0.1, 0.15) is 0 Å². The Bertz CT molecular complexity index is 509. The molecular formula is C13H17NO4S2. The molecule has 20 heavy (non-hydrogen) atoms. The maximum atomic E-state index is 12.0. The number of phenols is 1. The molecule has 2 atom stereocenters. The molecule has 5 nitrogen and oxygen atoms in total. The molecule has 7 heteroatoms. The van der Waals surface area contributed by atoms with E-state index in [1.165, 1.54) is 6.26 Å². The van der Waals surface area contributed by atoms with Crippen LogP contribution in [0.2, 0.25) is 0 Å². The fourth-order valence-electron chi connectivity index (χ4n) is 1.94. The Morgan fingerprint density at radius 2 is 2.30 bits per heavy atom. The number of nitrogens with zero attached hydrogens (tertiary/aromatic N) is 1. The van der Waals surface area contributed by atoms with Gasteiger partial charge in [-0.15, -0.1) is 11.8 Å². The number of hydrogen-bond acceptors (Lipinski definition) is 5. The number of rotatable bonds is 5. The van der Waals surface area contributed by atoms with Crippen LogP contribution in [-0.2, 0) is 15.6 Å². The van der Waals surface area contributed by atoms with E-state index < -0.39 is 10.8 Å². The zero-order valence-electron chi connectivity index (χ0n) is 11.2. The number of aromatic hydroxyl groups is 1. The number of phenolic OH excluding ortho intramolecular Hbond substituents is 1. The summed E-state index contributed by atoms with van der Waals surface area (Å²) in [5, 5.41) is 9.53. The van der Waals surface area contributed by atoms with Gasteiger partial charge in [-0.2, -0.15) is 0 Å². The minimum atomic E-state index is -1.13. The van der Waals surface area contributed by atoms with Crippen LogP contribution >= 0.6 is 11.8 Å². The summed E-state index contributed by atoms with van der Waals surface area (Å²) in [6, 6.07) is 6.74. The molecule has 1 aliphatic heterocycles. The van der Waals surface area contributed by atoms with E-state index in [0.29, 0.717) is 18.9 Å². The van der Waals surface area contributed by atoms with Crippen LogP contribution in [0, 0.1) is 0 Å². The predicted octanol–water partition coefficient (Wildman–Crippen LogP) is 1.05. The number of carbonyl (C=O) groups is 1. The van der Waals surface area contributed by atoms with Crippen LogP contribution in [0.5, 0.6) is 11.5 Å². The fourth-order valence-corrected chi connectivity index (χ4v) is 3.60. The molecule has 1 saturated heterocycles. The van der Waals surface area contributed by atoms with Crippen molar-refractivity contribution in [1.82, 2.24) is 4.90 Å². The number of para-hydroxylation sites is 2. The predicted molar refractivity (Wildman–Crippen MR) is 80.5 cm³/mol. The van der Waals surface area contributed by atoms with Gasteiger partial charge in [0.2, 0.25) is 5.91 Å². The summed E-state index contributed by atoms with van der Waals surface area (Å²) < 4.78 is 16.7. The zero-order valence-corrected chi connectivity index (χ0v) is 12.8. The molecule has 110 valence electrons. The Labute approximate surface area is 124 Å². The average molecular weight is 315 g/mol. The maximum absolute atomic E-state index is 12.0. The molecular weight excluding hydrogens is 298 g/mol. The van der Waals surface area contributed by atoms with Crippen molar-refractivity contribution in [3.63, 3.8) is 0 Å². The molecule has 0 saturated carbocycles. The molecule has 1 amide bonds. The monoisotopic (exact) mass is 315 g/mol. The van der Waals surface area contributed by atoms with Gasteiger partial charge in [-0.1, -0.05) is 12.1 Å². The minimum Gasteiger partial charge on any atom is -0.504 e. The van der Waals surface area contributed by atoms with Gasteiger partial charge in [0.05, 0.1) is 0 Å². The summed E-state index contributed by atoms with van der Waals surface area (Å²) in [6.45, 7) is 0.958. The summed E-state index contributed by atoms with van der Waals surface area (Å²) in [7, 11) is -1.13. The second-order valence-electron chi connectivity index (χ2n) is 4.41. The van der Waals surface area contributed by atoms with E-state index in [2.05, 4.69) is 0 Å². The molecule has 1 aromatic carbocycles. The van der Waals surface area contributed by atoms with Gasteiger partial charge in [-0.3, -0.25) is 9.00 Å². The molecule has 0 radical (unpaired) electrons. The first-order valence-corrected chi connectivity index (χ1v) is 8.97. The van der Waals surface area contributed by atoms with Gasteiger partial charge in [0, 0.05) is 29.4 Å². The van der Waals surface area contributed by atoms with Crippen LogP contribution in [0.25, 0.3) is 0 Å². The highest BCUT2D eigenvalue weighted by atomic mass is 32.2. The molecule has 1 N–H and O–H groups in total. The Kier molecular flexibility index (Phi) is 5.31. The van der Waals surface area contributed by atoms with Crippen molar-refractivity contribution in [2.45, 2.75) is 5.37 Å². The molecule has 0 bridgehead atoms. The summed E-state index contributed by atoms with van der Waals surface area (Å²) in [6.07, 6.45) is 1.52. The molecule has 0 aromatic heterocycles. The highest BCUT2D eigenvalue weighted by Gasteiger charge is 2.30. The number of hydrogen-bond donors (Lipinski definition) is 1. The smallest absolute Gasteiger partial charge is 0.236 e. The summed E-state index contributed by atoms with van der Waals surface area (Å²) >= 11 is 1.63. The fraction of sp³-hybridized carbons (Fsp3) is 0.462. The van der Waals surface area contributed by atoms with Crippen molar-refractivity contribution in [2.24, 2.45) is 0 Å². The number of amides is 1. The Morgan fingerprint density at radius 3 is 3.00 bits per heavy atom. The van der Waals surface area contributed by atoms with E-state index >= 15 is 0 Å². The lowest BCUT2D eigenvalue weighted by Crippen LogP contribution is -2.40. The first kappa shape index (κ1) is 15.2. The normalized spacial score (nSPS) is 19.9. The van der Waals surface area contributed by atoms with Crippen molar-refractivity contribution >= 4 is 28.5 Å². The van der Waals surface area contributed by atoms with Gasteiger partial charge in [0.25, 0.3) is 0 Å². The van der Waals surface area contributed by atoms with Crippen molar-refractivity contribution in [2.75, 3.05) is 30.9 Å². The maximum Gasteiger partial charge on any atom is 0.236 e. The Hall–Kier alpha value is -1.21. The van der Waals surface area contributed by atoms with E-state index in [-0.39, 0.29) is 22.8 Å². The number of ether oxygens (including phenoxy) is 1. The molecule has 0 aliphatic carbocycles. The van der Waals surface area contributed by atoms with E-state index in [1.54, 1.807) is 40.9 Å². The van der Waals surface area contributed by atoms with Crippen LogP contribution in [0.3, 0.4) is 0 Å². The van der Waals surface area contributed by atoms with Crippen LogP contribution < -0.4 is 4.74 Å². The highest BCUT2D eigenvalue weighted by Crippen LogP contribution is 2.28. The van der Waals surface area contributed by atoms with Crippen molar-refractivity contribution in [3.8, 4) is 11.5 Å². The topological polar surface area (TPSA) is 66.8 Å². The van der Waals surface area contributed by atoms with Gasteiger partial charge in [-0.25, -0.2) is 0 Å². The quantitative estimate of drug-likeness (QED) is 0.880. The molecule has 2 unspecified atom stereocenters. The lowest BCUT2D eigenvalue weighted by molar-refractivity contribution is -0.128. The van der Waals surface area contributed by atoms with Gasteiger partial charge >= 0.3 is 0 Å². The molecule has 2 rings (SSSR count). The largest absolute Gasteiger partial charge is 0.504 e. The molecule has 1 heterocycles. The average Bonchev–Trinajstić information content (AvgIpc) is 2.85. The van der Waals surface area contributed by atoms with Gasteiger partial charge < -0.3 is 14.7 Å². The van der Waals surface area contributed by atoms with E-state index in [4.69, 9.17) is 4.74 Å². The number of benzene rings is 1. The third kappa shape index (κ3) is 3.89. The highest BCUT2D eigenvalue weighted by molar-refractivity contribution is 8.00. The van der Waals surface area contributed by atoms with Crippen LogP contribution in [0.4, 0.5) is 0 Å². The van der Waals surface area contributed by atoms with Crippen molar-refractivity contribution in [1.29, 1.82) is 0 Å². The lowest BCUT2D eigenvalue weighted by Gasteiger charge is -2.23. The third-order valence-corrected chi connectivity index (χ3v) is 4.73. The lowest BCUT2D eigenvalue weighted by atomic mass is 10.3. The SMILES string of the molecule is CS(=O)CC(=O)N1CCSC1COc1ccccc1O. The van der Waals surface area contributed by atoms with Crippen LogP contribution in [0.15, 0.2) is 24.3 Å². The van der Waals surface area contributed by atoms with Crippen molar-refractivity contribution in [3.05, 3.63) is 24.3 Å². The van der Waals surface area contributed by atoms with E-state index in [1.807, 2.05) is 0 Å². The van der Waals surface area contributed by atoms with E-state index in [9.17, 15) is 14.1 Å².